The highest BCUT2D eigenvalue weighted by atomic mass is 79.9. The Kier molecular flexibility index (Phi) is 4.90. The summed E-state index contributed by atoms with van der Waals surface area (Å²) in [7, 11) is 0. The van der Waals surface area contributed by atoms with Crippen molar-refractivity contribution in [3.05, 3.63) is 58.1 Å². The van der Waals surface area contributed by atoms with E-state index in [1.54, 1.807) is 31.2 Å². The summed E-state index contributed by atoms with van der Waals surface area (Å²) in [4.78, 5) is 12.1. The van der Waals surface area contributed by atoms with E-state index in [-0.39, 0.29) is 4.47 Å². The number of benzene rings is 2. The molecule has 0 aromatic heterocycles. The van der Waals surface area contributed by atoms with Crippen LogP contribution >= 0.6 is 15.9 Å². The molecule has 3 nitrogen and oxygen atoms in total. The van der Waals surface area contributed by atoms with Gasteiger partial charge in [-0.1, -0.05) is 28.1 Å². The molecule has 0 fully saturated rings. The third kappa shape index (κ3) is 3.58. The van der Waals surface area contributed by atoms with Crippen molar-refractivity contribution < 1.29 is 18.3 Å². The molecule has 2 aromatic rings. The molecule has 0 saturated heterocycles. The van der Waals surface area contributed by atoms with Crippen LogP contribution in [-0.2, 0) is 0 Å². The van der Waals surface area contributed by atoms with Crippen LogP contribution in [0.25, 0.3) is 0 Å². The van der Waals surface area contributed by atoms with Crippen molar-refractivity contribution >= 4 is 27.5 Å². The van der Waals surface area contributed by atoms with Gasteiger partial charge in [0.25, 0.3) is 5.91 Å². The van der Waals surface area contributed by atoms with Gasteiger partial charge in [0.15, 0.2) is 0 Å². The van der Waals surface area contributed by atoms with Crippen LogP contribution in [-0.4, -0.2) is 12.5 Å². The zero-order valence-electron chi connectivity index (χ0n) is 11.1. The number of carbonyl (C=O) groups is 1. The van der Waals surface area contributed by atoms with Gasteiger partial charge in [0.1, 0.15) is 22.9 Å². The molecule has 0 radical (unpaired) electrons. The Morgan fingerprint density at radius 1 is 1.24 bits per heavy atom. The molecule has 21 heavy (non-hydrogen) atoms. The number of halogens is 3. The molecule has 0 saturated carbocycles. The highest BCUT2D eigenvalue weighted by Crippen LogP contribution is 2.26. The summed E-state index contributed by atoms with van der Waals surface area (Å²) in [5.74, 6) is -2.31. The first kappa shape index (κ1) is 15.4. The number of hydrogen-bond acceptors (Lipinski definition) is 2. The highest BCUT2D eigenvalue weighted by molar-refractivity contribution is 9.10. The van der Waals surface area contributed by atoms with Crippen molar-refractivity contribution in [1.82, 2.24) is 0 Å². The van der Waals surface area contributed by atoms with Gasteiger partial charge in [0.05, 0.1) is 12.3 Å². The summed E-state index contributed by atoms with van der Waals surface area (Å²) in [5, 5.41) is 2.45. The quantitative estimate of drug-likeness (QED) is 0.883. The average molecular weight is 356 g/mol. The fourth-order valence-electron chi connectivity index (χ4n) is 1.80. The predicted molar refractivity (Wildman–Crippen MR) is 79.6 cm³/mol. The SMILES string of the molecule is CCOc1ccccc1NC(=O)c1c(F)cc(Br)cc1F. The second-order valence-electron chi connectivity index (χ2n) is 4.13. The molecule has 0 unspecified atom stereocenters. The number of ether oxygens (including phenoxy) is 1. The third-order valence-electron chi connectivity index (χ3n) is 2.67. The lowest BCUT2D eigenvalue weighted by Gasteiger charge is -2.12. The minimum absolute atomic E-state index is 0.226. The van der Waals surface area contributed by atoms with E-state index in [4.69, 9.17) is 4.74 Å². The Hall–Kier alpha value is -1.95. The number of nitrogens with one attached hydrogen (secondary N) is 1. The lowest BCUT2D eigenvalue weighted by atomic mass is 10.1. The van der Waals surface area contributed by atoms with E-state index in [9.17, 15) is 13.6 Å². The smallest absolute Gasteiger partial charge is 0.261 e. The second-order valence-corrected chi connectivity index (χ2v) is 5.04. The summed E-state index contributed by atoms with van der Waals surface area (Å²) in [6.07, 6.45) is 0. The maximum absolute atomic E-state index is 13.8. The van der Waals surface area contributed by atoms with Gasteiger partial charge in [0, 0.05) is 4.47 Å². The van der Waals surface area contributed by atoms with Crippen LogP contribution in [0.4, 0.5) is 14.5 Å². The maximum atomic E-state index is 13.8. The van der Waals surface area contributed by atoms with Crippen molar-refractivity contribution in [2.75, 3.05) is 11.9 Å². The van der Waals surface area contributed by atoms with Crippen LogP contribution in [0.3, 0.4) is 0 Å². The minimum Gasteiger partial charge on any atom is -0.492 e. The van der Waals surface area contributed by atoms with Gasteiger partial charge in [0.2, 0.25) is 0 Å². The standard InChI is InChI=1S/C15H12BrF2NO2/c1-2-21-13-6-4-3-5-12(13)19-15(20)14-10(17)7-9(16)8-11(14)18/h3-8H,2H2,1H3,(H,19,20). The van der Waals surface area contributed by atoms with Crippen molar-refractivity contribution in [2.24, 2.45) is 0 Å². The van der Waals surface area contributed by atoms with Crippen LogP contribution < -0.4 is 10.1 Å². The Balaban J connectivity index is 2.31. The Morgan fingerprint density at radius 2 is 1.86 bits per heavy atom. The molecule has 0 aliphatic carbocycles. The van der Waals surface area contributed by atoms with Crippen LogP contribution in [0, 0.1) is 11.6 Å². The molecular formula is C15H12BrF2NO2. The molecule has 0 spiro atoms. The second kappa shape index (κ2) is 6.67. The fourth-order valence-corrected chi connectivity index (χ4v) is 2.20. The lowest BCUT2D eigenvalue weighted by molar-refractivity contribution is 0.101. The molecule has 1 amide bonds. The van der Waals surface area contributed by atoms with E-state index in [0.29, 0.717) is 18.0 Å². The topological polar surface area (TPSA) is 38.3 Å². The molecule has 6 heteroatoms. The minimum atomic E-state index is -0.937. The average Bonchev–Trinajstić information content (AvgIpc) is 2.40. The molecule has 0 aliphatic heterocycles. The number of rotatable bonds is 4. The van der Waals surface area contributed by atoms with Crippen molar-refractivity contribution in [3.63, 3.8) is 0 Å². The number of carbonyl (C=O) groups excluding carboxylic acids is 1. The fraction of sp³-hybridized carbons (Fsp3) is 0.133. The van der Waals surface area contributed by atoms with Crippen LogP contribution in [0.1, 0.15) is 17.3 Å². The molecular weight excluding hydrogens is 344 g/mol. The summed E-state index contributed by atoms with van der Waals surface area (Å²) in [6.45, 7) is 2.21. The van der Waals surface area contributed by atoms with E-state index in [1.165, 1.54) is 0 Å². The van der Waals surface area contributed by atoms with E-state index in [1.807, 2.05) is 0 Å². The Morgan fingerprint density at radius 3 is 2.48 bits per heavy atom. The van der Waals surface area contributed by atoms with Gasteiger partial charge in [-0.2, -0.15) is 0 Å². The molecule has 0 bridgehead atoms. The summed E-state index contributed by atoms with van der Waals surface area (Å²) < 4.78 is 33.1. The van der Waals surface area contributed by atoms with Crippen LogP contribution in [0.5, 0.6) is 5.75 Å². The molecule has 0 heterocycles. The van der Waals surface area contributed by atoms with E-state index in [2.05, 4.69) is 21.2 Å². The first-order valence-corrected chi connectivity index (χ1v) is 7.00. The Bertz CT molecular complexity index is 653. The lowest BCUT2D eigenvalue weighted by Crippen LogP contribution is -2.16. The largest absolute Gasteiger partial charge is 0.492 e. The molecule has 2 rings (SSSR count). The van der Waals surface area contributed by atoms with Crippen LogP contribution in [0.15, 0.2) is 40.9 Å². The highest BCUT2D eigenvalue weighted by Gasteiger charge is 2.19. The third-order valence-corrected chi connectivity index (χ3v) is 3.13. The zero-order valence-corrected chi connectivity index (χ0v) is 12.7. The predicted octanol–water partition coefficient (Wildman–Crippen LogP) is 4.38. The van der Waals surface area contributed by atoms with Crippen LogP contribution in [0.2, 0.25) is 0 Å². The number of anilines is 1. The first-order chi connectivity index (χ1) is 10.0. The van der Waals surface area contributed by atoms with Gasteiger partial charge >= 0.3 is 0 Å². The van der Waals surface area contributed by atoms with E-state index < -0.39 is 23.1 Å². The summed E-state index contributed by atoms with van der Waals surface area (Å²) in [6, 6.07) is 8.75. The maximum Gasteiger partial charge on any atom is 0.261 e. The van der Waals surface area contributed by atoms with Gasteiger partial charge in [-0.05, 0) is 31.2 Å². The zero-order chi connectivity index (χ0) is 15.4. The van der Waals surface area contributed by atoms with Gasteiger partial charge in [-0.25, -0.2) is 8.78 Å². The van der Waals surface area contributed by atoms with Crippen molar-refractivity contribution in [3.8, 4) is 5.75 Å². The van der Waals surface area contributed by atoms with Crippen molar-refractivity contribution in [1.29, 1.82) is 0 Å². The Labute approximate surface area is 129 Å². The monoisotopic (exact) mass is 355 g/mol. The first-order valence-electron chi connectivity index (χ1n) is 6.20. The molecule has 2 aromatic carbocycles. The molecule has 0 aliphatic rings. The van der Waals surface area contributed by atoms with Crippen molar-refractivity contribution in [2.45, 2.75) is 6.92 Å². The number of para-hydroxylation sites is 2. The van der Waals surface area contributed by atoms with Gasteiger partial charge < -0.3 is 10.1 Å². The van der Waals surface area contributed by atoms with Gasteiger partial charge in [-0.15, -0.1) is 0 Å². The number of amides is 1. The summed E-state index contributed by atoms with van der Waals surface area (Å²) >= 11 is 2.96. The molecule has 0 atom stereocenters. The van der Waals surface area contributed by atoms with E-state index in [0.717, 1.165) is 12.1 Å². The molecule has 110 valence electrons. The van der Waals surface area contributed by atoms with Gasteiger partial charge in [-0.3, -0.25) is 4.79 Å². The normalized spacial score (nSPS) is 10.3. The summed E-state index contributed by atoms with van der Waals surface area (Å²) in [5.41, 5.74) is -0.282. The number of hydrogen-bond donors (Lipinski definition) is 1. The van der Waals surface area contributed by atoms with E-state index >= 15 is 0 Å². The molecule has 1 N–H and O–H groups in total.